The average molecular weight is 820 g/mol. The fraction of sp³-hybridized carbons (Fsp3) is 0.375. The Morgan fingerprint density at radius 2 is 1.73 bits per heavy atom. The molecule has 3 amide bonds. The Labute approximate surface area is 304 Å². The van der Waals surface area contributed by atoms with Gasteiger partial charge >= 0.3 is 30.1 Å². The maximum Gasteiger partial charge on any atom is 0.471 e. The Kier molecular flexibility index (Phi) is 13.1. The van der Waals surface area contributed by atoms with Crippen molar-refractivity contribution in [3.8, 4) is 16.2 Å². The van der Waals surface area contributed by atoms with Crippen LogP contribution in [0.15, 0.2) is 53.0 Å². The molecule has 2 N–H and O–H groups in total. The highest BCUT2D eigenvalue weighted by Crippen LogP contribution is 2.47. The van der Waals surface area contributed by atoms with E-state index in [-0.39, 0.29) is 46.7 Å². The van der Waals surface area contributed by atoms with Crippen LogP contribution >= 0.6 is 27.3 Å². The lowest BCUT2D eigenvalue weighted by Crippen LogP contribution is -2.52. The zero-order valence-corrected chi connectivity index (χ0v) is 30.8. The Morgan fingerprint density at radius 1 is 1.04 bits per heavy atom. The summed E-state index contributed by atoms with van der Waals surface area (Å²) in [5.74, 6) is -4.17. The maximum absolute atomic E-state index is 14.0. The van der Waals surface area contributed by atoms with Crippen LogP contribution in [0.2, 0.25) is 0 Å². The maximum atomic E-state index is 14.0. The van der Waals surface area contributed by atoms with Gasteiger partial charge in [-0.15, -0.1) is 11.3 Å². The van der Waals surface area contributed by atoms with Crippen LogP contribution in [0.4, 0.5) is 29.3 Å². The highest BCUT2D eigenvalue weighted by atomic mass is 79.9. The normalized spacial score (nSPS) is 14.0. The van der Waals surface area contributed by atoms with E-state index in [9.17, 15) is 40.8 Å². The molecule has 0 unspecified atom stereocenters. The molecule has 1 saturated heterocycles. The summed E-state index contributed by atoms with van der Waals surface area (Å²) in [4.78, 5) is 50.2. The second kappa shape index (κ2) is 16.9. The first-order chi connectivity index (χ1) is 24.1. The number of hydrogen-bond acceptors (Lipinski definition) is 10. The lowest BCUT2D eigenvalue weighted by Gasteiger charge is -2.38. The van der Waals surface area contributed by atoms with Crippen LogP contribution < -0.4 is 20.3 Å². The lowest BCUT2D eigenvalue weighted by atomic mass is 10.0. The number of thiophene rings is 1. The smallest absolute Gasteiger partial charge is 0.471 e. The minimum absolute atomic E-state index is 0.0342. The molecule has 19 heteroatoms. The van der Waals surface area contributed by atoms with E-state index in [1.54, 1.807) is 37.3 Å². The number of piperidine rings is 1. The van der Waals surface area contributed by atoms with Crippen molar-refractivity contribution >= 4 is 72.5 Å². The van der Waals surface area contributed by atoms with Gasteiger partial charge < -0.3 is 29.7 Å². The summed E-state index contributed by atoms with van der Waals surface area (Å²) in [6, 6.07) is 10.5. The predicted octanol–water partition coefficient (Wildman–Crippen LogP) is 5.55. The molecule has 1 fully saturated rings. The third-order valence-electron chi connectivity index (χ3n) is 7.71. The monoisotopic (exact) mass is 818 g/mol. The molecule has 13 nitrogen and oxygen atoms in total. The number of nitrogens with one attached hydrogen (secondary N) is 2. The number of alkyl halides is 3. The number of anilines is 2. The van der Waals surface area contributed by atoms with Crippen molar-refractivity contribution in [3.63, 3.8) is 0 Å². The Balaban J connectivity index is 1.60. The number of rotatable bonds is 12. The molecule has 0 aliphatic carbocycles. The van der Waals surface area contributed by atoms with Gasteiger partial charge in [0.25, 0.3) is 0 Å². The Morgan fingerprint density at radius 3 is 2.35 bits per heavy atom. The zero-order chi connectivity index (χ0) is 37.5. The third kappa shape index (κ3) is 9.57. The molecule has 0 atom stereocenters. The van der Waals surface area contributed by atoms with Crippen LogP contribution in [-0.2, 0) is 34.8 Å². The van der Waals surface area contributed by atoms with Crippen LogP contribution in [0.1, 0.15) is 35.0 Å². The predicted molar refractivity (Wildman–Crippen MR) is 186 cm³/mol. The quantitative estimate of drug-likeness (QED) is 0.224. The molecule has 4 rings (SSSR count). The summed E-state index contributed by atoms with van der Waals surface area (Å²) in [6.45, 7) is 1.21. The van der Waals surface area contributed by atoms with Crippen molar-refractivity contribution in [1.82, 2.24) is 9.62 Å². The fourth-order valence-electron chi connectivity index (χ4n) is 5.32. The van der Waals surface area contributed by atoms with Crippen LogP contribution in [0.3, 0.4) is 0 Å². The zero-order valence-electron chi connectivity index (χ0n) is 27.5. The number of nitrogens with zero attached hydrogens (tertiary/aromatic N) is 2. The number of carbonyl (C=O) groups excluding carboxylic acids is 4. The van der Waals surface area contributed by atoms with E-state index in [1.807, 2.05) is 0 Å². The molecule has 276 valence electrons. The number of urea groups is 1. The van der Waals surface area contributed by atoms with Crippen molar-refractivity contribution in [3.05, 3.63) is 63.4 Å². The number of benzene rings is 2. The SMILES string of the molecule is CCNC(=O)Nc1ccccc1CS(=O)(=O)N1CCC(N(C(=O)C(F)(F)F)c2cccc(-c3sc(C(=O)OC)c(OCC(=O)OC)c3Br)c2)CC1. The van der Waals surface area contributed by atoms with E-state index < -0.39 is 58.5 Å². The molecule has 0 saturated carbocycles. The summed E-state index contributed by atoms with van der Waals surface area (Å²) in [5.41, 5.74) is 0.813. The summed E-state index contributed by atoms with van der Waals surface area (Å²) < 4.78 is 85.3. The number of methoxy groups -OCH3 is 2. The number of hydrogen-bond donors (Lipinski definition) is 2. The van der Waals surface area contributed by atoms with Gasteiger partial charge in [-0.1, -0.05) is 30.3 Å². The van der Waals surface area contributed by atoms with Crippen molar-refractivity contribution in [2.24, 2.45) is 0 Å². The van der Waals surface area contributed by atoms with Gasteiger partial charge in [0, 0.05) is 37.1 Å². The summed E-state index contributed by atoms with van der Waals surface area (Å²) in [5, 5.41) is 5.18. The topological polar surface area (TPSA) is 161 Å². The number of halogens is 4. The molecular weight excluding hydrogens is 785 g/mol. The van der Waals surface area contributed by atoms with Gasteiger partial charge in [0.05, 0.1) is 29.3 Å². The van der Waals surface area contributed by atoms with Gasteiger partial charge in [-0.25, -0.2) is 27.1 Å². The lowest BCUT2D eigenvalue weighted by molar-refractivity contribution is -0.171. The van der Waals surface area contributed by atoms with Crippen molar-refractivity contribution < 1.29 is 55.0 Å². The van der Waals surface area contributed by atoms with Gasteiger partial charge in [0.15, 0.2) is 17.2 Å². The summed E-state index contributed by atoms with van der Waals surface area (Å²) >= 11 is 4.24. The average Bonchev–Trinajstić information content (AvgIpc) is 3.43. The molecule has 1 aromatic heterocycles. The van der Waals surface area contributed by atoms with Crippen molar-refractivity contribution in [2.45, 2.75) is 37.7 Å². The number of esters is 2. The summed E-state index contributed by atoms with van der Waals surface area (Å²) in [6.07, 6.45) is -5.47. The minimum atomic E-state index is -5.25. The Bertz CT molecular complexity index is 1880. The standard InChI is InChI=1S/C32H34BrF3N4O9S2/c1-4-37-31(44)38-23-11-6-5-8-20(23)18-51(45,46)39-14-12-21(13-15-39)40(30(43)32(34,35)36)22-10-7-9-19(16-22)27-25(33)26(49-17-24(41)47-2)28(50-27)29(42)48-3/h5-11,16,21H,4,12-15,17-18H2,1-3H3,(H2,37,38,44). The van der Waals surface area contributed by atoms with Crippen molar-refractivity contribution in [2.75, 3.05) is 50.7 Å². The molecule has 0 spiro atoms. The first kappa shape index (κ1) is 39.6. The number of para-hydroxylation sites is 1. The molecule has 0 bridgehead atoms. The minimum Gasteiger partial charge on any atom is -0.479 e. The first-order valence-electron chi connectivity index (χ1n) is 15.3. The van der Waals surface area contributed by atoms with E-state index in [0.717, 1.165) is 29.9 Å². The molecule has 0 radical (unpaired) electrons. The molecule has 3 aromatic rings. The third-order valence-corrected chi connectivity index (χ3v) is 11.8. The van der Waals surface area contributed by atoms with Gasteiger partial charge in [-0.2, -0.15) is 13.2 Å². The van der Waals surface area contributed by atoms with E-state index in [1.165, 1.54) is 18.2 Å². The first-order valence-corrected chi connectivity index (χ1v) is 18.5. The van der Waals surface area contributed by atoms with Gasteiger partial charge in [-0.3, -0.25) is 4.79 Å². The second-order valence-corrected chi connectivity index (χ2v) is 14.8. The highest BCUT2D eigenvalue weighted by Gasteiger charge is 2.46. The van der Waals surface area contributed by atoms with Gasteiger partial charge in [0.2, 0.25) is 10.0 Å². The number of sulfonamides is 1. The van der Waals surface area contributed by atoms with Crippen LogP contribution in [0, 0.1) is 0 Å². The number of amides is 3. The van der Waals surface area contributed by atoms with E-state index >= 15 is 0 Å². The molecular formula is C32H34BrF3N4O9S2. The van der Waals surface area contributed by atoms with Crippen LogP contribution in [-0.4, -0.2) is 89.3 Å². The van der Waals surface area contributed by atoms with E-state index in [2.05, 4.69) is 31.3 Å². The number of carbonyl (C=O) groups is 4. The molecule has 1 aliphatic rings. The Hall–Kier alpha value is -4.20. The summed E-state index contributed by atoms with van der Waals surface area (Å²) in [7, 11) is -1.69. The second-order valence-electron chi connectivity index (χ2n) is 11.0. The van der Waals surface area contributed by atoms with E-state index in [4.69, 9.17) is 9.47 Å². The highest BCUT2D eigenvalue weighted by molar-refractivity contribution is 9.10. The van der Waals surface area contributed by atoms with Gasteiger partial charge in [0.1, 0.15) is 0 Å². The molecule has 2 heterocycles. The van der Waals surface area contributed by atoms with Gasteiger partial charge in [-0.05, 0) is 65.0 Å². The fourth-order valence-corrected chi connectivity index (χ4v) is 8.88. The molecule has 2 aromatic carbocycles. The van der Waals surface area contributed by atoms with E-state index in [0.29, 0.717) is 33.1 Å². The van der Waals surface area contributed by atoms with Crippen LogP contribution in [0.25, 0.3) is 10.4 Å². The molecule has 1 aliphatic heterocycles. The largest absolute Gasteiger partial charge is 0.479 e. The number of ether oxygens (including phenoxy) is 3. The van der Waals surface area contributed by atoms with Crippen LogP contribution in [0.5, 0.6) is 5.75 Å². The van der Waals surface area contributed by atoms with Crippen molar-refractivity contribution in [1.29, 1.82) is 0 Å². The molecule has 51 heavy (non-hydrogen) atoms.